The summed E-state index contributed by atoms with van der Waals surface area (Å²) in [6.07, 6.45) is 0.527. The first-order chi connectivity index (χ1) is 14.5. The van der Waals surface area contributed by atoms with Crippen LogP contribution in [0, 0.1) is 5.92 Å². The molecular formula is C20H30BrN5O5. The van der Waals surface area contributed by atoms with E-state index in [1.54, 1.807) is 20.8 Å². The topological polar surface area (TPSA) is 163 Å². The van der Waals surface area contributed by atoms with Gasteiger partial charge in [0.05, 0.1) is 6.04 Å². The third-order valence-electron chi connectivity index (χ3n) is 4.54. The Bertz CT molecular complexity index is 772. The second-order valence-electron chi connectivity index (χ2n) is 7.45. The molecule has 11 heteroatoms. The molecule has 1 aromatic carbocycles. The Morgan fingerprint density at radius 1 is 1.03 bits per heavy atom. The summed E-state index contributed by atoms with van der Waals surface area (Å²) in [5.41, 5.74) is 5.90. The molecule has 10 nitrogen and oxygen atoms in total. The Morgan fingerprint density at radius 3 is 2.16 bits per heavy atom. The number of amides is 5. The Hall–Kier alpha value is -2.82. The normalized spacial score (nSPS) is 13.6. The fourth-order valence-corrected chi connectivity index (χ4v) is 3.05. The number of carbonyl (C=O) groups excluding carboxylic acids is 3. The first-order valence-corrected chi connectivity index (χ1v) is 10.7. The van der Waals surface area contributed by atoms with E-state index in [1.807, 2.05) is 24.3 Å². The van der Waals surface area contributed by atoms with Gasteiger partial charge in [0.15, 0.2) is 0 Å². The van der Waals surface area contributed by atoms with Crippen LogP contribution >= 0.6 is 15.9 Å². The molecule has 0 unspecified atom stereocenters. The standard InChI is InChI=1S/C20H30BrN5O5/c1-11(2)16(18(28)29)26-17(27)15(5-4-10-23-19(22)30)25-20(31)24-12(3)13-6-8-14(21)9-7-13/h6-9,11-12,15-16H,4-5,10H2,1-3H3,(H,26,27)(H,28,29)(H3,22,23,30)(H2,24,25,31)/t12-,15+,16+/m1/s1. The molecule has 0 aliphatic heterocycles. The molecular weight excluding hydrogens is 470 g/mol. The molecule has 0 fully saturated rings. The number of carbonyl (C=O) groups is 4. The van der Waals surface area contributed by atoms with Crippen molar-refractivity contribution >= 4 is 39.9 Å². The average molecular weight is 500 g/mol. The van der Waals surface area contributed by atoms with Gasteiger partial charge in [-0.1, -0.05) is 41.9 Å². The number of hydrogen-bond acceptors (Lipinski definition) is 4. The Labute approximate surface area is 189 Å². The van der Waals surface area contributed by atoms with Crippen molar-refractivity contribution in [1.29, 1.82) is 0 Å². The molecule has 0 radical (unpaired) electrons. The molecule has 0 saturated heterocycles. The highest BCUT2D eigenvalue weighted by Gasteiger charge is 2.28. The molecule has 172 valence electrons. The summed E-state index contributed by atoms with van der Waals surface area (Å²) in [5.74, 6) is -2.12. The highest BCUT2D eigenvalue weighted by molar-refractivity contribution is 9.10. The number of rotatable bonds is 11. The lowest BCUT2D eigenvalue weighted by atomic mass is 10.0. The quantitative estimate of drug-likeness (QED) is 0.255. The van der Waals surface area contributed by atoms with Gasteiger partial charge in [-0.05, 0) is 43.4 Å². The lowest BCUT2D eigenvalue weighted by molar-refractivity contribution is -0.143. The van der Waals surface area contributed by atoms with Gasteiger partial charge < -0.3 is 32.1 Å². The molecule has 1 aromatic rings. The predicted octanol–water partition coefficient (Wildman–Crippen LogP) is 1.85. The first kappa shape index (κ1) is 26.2. The zero-order valence-corrected chi connectivity index (χ0v) is 19.4. The number of primary amides is 1. The van der Waals surface area contributed by atoms with Gasteiger partial charge in [0, 0.05) is 11.0 Å². The molecule has 31 heavy (non-hydrogen) atoms. The highest BCUT2D eigenvalue weighted by Crippen LogP contribution is 2.16. The molecule has 0 saturated carbocycles. The number of urea groups is 2. The van der Waals surface area contributed by atoms with Crippen LogP contribution in [0.4, 0.5) is 9.59 Å². The molecule has 3 atom stereocenters. The van der Waals surface area contributed by atoms with Crippen LogP contribution < -0.4 is 27.0 Å². The summed E-state index contributed by atoms with van der Waals surface area (Å²) in [5, 5.41) is 19.5. The van der Waals surface area contributed by atoms with Gasteiger partial charge in [-0.15, -0.1) is 0 Å². The minimum absolute atomic E-state index is 0.177. The number of carboxylic acid groups (broad SMARTS) is 1. The second kappa shape index (κ2) is 12.8. The smallest absolute Gasteiger partial charge is 0.326 e. The van der Waals surface area contributed by atoms with Crippen molar-refractivity contribution in [1.82, 2.24) is 21.3 Å². The molecule has 0 aliphatic carbocycles. The average Bonchev–Trinajstić information content (AvgIpc) is 2.67. The maximum absolute atomic E-state index is 12.7. The molecule has 0 aliphatic rings. The fourth-order valence-electron chi connectivity index (χ4n) is 2.79. The lowest BCUT2D eigenvalue weighted by Crippen LogP contribution is -2.55. The second-order valence-corrected chi connectivity index (χ2v) is 8.36. The van der Waals surface area contributed by atoms with E-state index in [9.17, 15) is 24.3 Å². The van der Waals surface area contributed by atoms with Gasteiger partial charge in [0.2, 0.25) is 5.91 Å². The van der Waals surface area contributed by atoms with Crippen molar-refractivity contribution in [2.45, 2.75) is 51.7 Å². The summed E-state index contributed by atoms with van der Waals surface area (Å²) >= 11 is 3.35. The van der Waals surface area contributed by atoms with E-state index in [2.05, 4.69) is 37.2 Å². The number of aliphatic carboxylic acids is 1. The van der Waals surface area contributed by atoms with E-state index in [0.717, 1.165) is 10.0 Å². The third kappa shape index (κ3) is 9.69. The SMILES string of the molecule is CC(C)[C@H](NC(=O)[C@H](CCCNC(N)=O)NC(=O)N[C@H](C)c1ccc(Br)cc1)C(=O)O. The van der Waals surface area contributed by atoms with Crippen LogP contribution in [0.1, 0.15) is 45.2 Å². The van der Waals surface area contributed by atoms with Crippen LogP contribution in [0.2, 0.25) is 0 Å². The summed E-state index contributed by atoms with van der Waals surface area (Å²) in [6.45, 7) is 5.36. The van der Waals surface area contributed by atoms with Gasteiger partial charge in [0.1, 0.15) is 12.1 Å². The van der Waals surface area contributed by atoms with Gasteiger partial charge in [0.25, 0.3) is 0 Å². The largest absolute Gasteiger partial charge is 0.480 e. The lowest BCUT2D eigenvalue weighted by Gasteiger charge is -2.24. The van der Waals surface area contributed by atoms with Crippen LogP contribution in [-0.4, -0.2) is 47.7 Å². The van der Waals surface area contributed by atoms with E-state index in [0.29, 0.717) is 6.42 Å². The number of nitrogens with one attached hydrogen (secondary N) is 4. The van der Waals surface area contributed by atoms with Gasteiger partial charge >= 0.3 is 18.0 Å². The number of carboxylic acids is 1. The van der Waals surface area contributed by atoms with Crippen molar-refractivity contribution < 1.29 is 24.3 Å². The first-order valence-electron chi connectivity index (χ1n) is 9.90. The Balaban J connectivity index is 2.79. The zero-order chi connectivity index (χ0) is 23.6. The fraction of sp³-hybridized carbons (Fsp3) is 0.500. The zero-order valence-electron chi connectivity index (χ0n) is 17.8. The predicted molar refractivity (Wildman–Crippen MR) is 119 cm³/mol. The Morgan fingerprint density at radius 2 is 1.65 bits per heavy atom. The monoisotopic (exact) mass is 499 g/mol. The van der Waals surface area contributed by atoms with E-state index in [-0.39, 0.29) is 24.9 Å². The number of hydrogen-bond donors (Lipinski definition) is 6. The van der Waals surface area contributed by atoms with Crippen molar-refractivity contribution in [3.8, 4) is 0 Å². The highest BCUT2D eigenvalue weighted by atomic mass is 79.9. The molecule has 0 spiro atoms. The van der Waals surface area contributed by atoms with Crippen LogP contribution in [0.5, 0.6) is 0 Å². The van der Waals surface area contributed by atoms with Gasteiger partial charge in [-0.25, -0.2) is 14.4 Å². The van der Waals surface area contributed by atoms with E-state index in [1.165, 1.54) is 0 Å². The number of nitrogens with two attached hydrogens (primary N) is 1. The summed E-state index contributed by atoms with van der Waals surface area (Å²) in [6, 6.07) is 3.74. The summed E-state index contributed by atoms with van der Waals surface area (Å²) in [4.78, 5) is 47.4. The summed E-state index contributed by atoms with van der Waals surface area (Å²) < 4.78 is 0.910. The molecule has 7 N–H and O–H groups in total. The molecule has 0 bridgehead atoms. The van der Waals surface area contributed by atoms with Crippen molar-refractivity contribution in [3.63, 3.8) is 0 Å². The maximum atomic E-state index is 12.7. The van der Waals surface area contributed by atoms with Gasteiger partial charge in [-0.2, -0.15) is 0 Å². The summed E-state index contributed by atoms with van der Waals surface area (Å²) in [7, 11) is 0. The Kier molecular flexibility index (Phi) is 10.8. The van der Waals surface area contributed by atoms with Crippen molar-refractivity contribution in [2.24, 2.45) is 11.7 Å². The van der Waals surface area contributed by atoms with Crippen molar-refractivity contribution in [2.75, 3.05) is 6.54 Å². The van der Waals surface area contributed by atoms with Crippen molar-refractivity contribution in [3.05, 3.63) is 34.3 Å². The maximum Gasteiger partial charge on any atom is 0.326 e. The van der Waals surface area contributed by atoms with Gasteiger partial charge in [-0.3, -0.25) is 4.79 Å². The van der Waals surface area contributed by atoms with E-state index in [4.69, 9.17) is 5.73 Å². The van der Waals surface area contributed by atoms with E-state index < -0.39 is 36.0 Å². The van der Waals surface area contributed by atoms with Crippen LogP contribution in [-0.2, 0) is 9.59 Å². The number of halogens is 1. The number of benzene rings is 1. The van der Waals surface area contributed by atoms with Crippen LogP contribution in [0.15, 0.2) is 28.7 Å². The third-order valence-corrected chi connectivity index (χ3v) is 5.07. The van der Waals surface area contributed by atoms with Crippen LogP contribution in [0.3, 0.4) is 0 Å². The van der Waals surface area contributed by atoms with E-state index >= 15 is 0 Å². The van der Waals surface area contributed by atoms with Crippen LogP contribution in [0.25, 0.3) is 0 Å². The molecule has 0 aromatic heterocycles. The molecule has 5 amide bonds. The molecule has 1 rings (SSSR count). The minimum Gasteiger partial charge on any atom is -0.480 e. The minimum atomic E-state index is -1.16. The molecule has 0 heterocycles.